The first-order valence-electron chi connectivity index (χ1n) is 8.03. The van der Waals surface area contributed by atoms with Gasteiger partial charge in [0.15, 0.2) is 11.2 Å². The third-order valence-electron chi connectivity index (χ3n) is 3.76. The second-order valence-corrected chi connectivity index (χ2v) is 5.99. The van der Waals surface area contributed by atoms with E-state index in [1.165, 1.54) is 12.7 Å². The molecule has 2 aromatic rings. The molecule has 1 fully saturated rings. The molecule has 3 atom stereocenters. The van der Waals surface area contributed by atoms with Crippen LogP contribution in [0, 0.1) is 0 Å². The van der Waals surface area contributed by atoms with Crippen molar-refractivity contribution in [1.29, 1.82) is 1.43 Å². The summed E-state index contributed by atoms with van der Waals surface area (Å²) in [5, 5.41) is 4.43. The SMILES string of the molecule is [2H]OC[C@H]1O[C@@H](n2cnc3c(=O)[nH]c(/N=C\N(C)C)nc32)CC1OCCl. The molecule has 1 unspecified atom stereocenters. The number of fused-ring (bicyclic) bond motifs is 1. The molecule has 2 aromatic heterocycles. The molecule has 0 radical (unpaired) electrons. The quantitative estimate of drug-likeness (QED) is 0.405. The molecule has 1 aliphatic rings. The van der Waals surface area contributed by atoms with Crippen molar-refractivity contribution in [1.82, 2.24) is 24.4 Å². The summed E-state index contributed by atoms with van der Waals surface area (Å²) < 4.78 is 19.9. The van der Waals surface area contributed by atoms with Gasteiger partial charge in [-0.05, 0) is 0 Å². The number of halogens is 1. The van der Waals surface area contributed by atoms with Crippen LogP contribution in [0.15, 0.2) is 16.1 Å². The molecule has 2 N–H and O–H groups in total. The van der Waals surface area contributed by atoms with E-state index >= 15 is 0 Å². The number of ether oxygens (including phenoxy) is 2. The van der Waals surface area contributed by atoms with Crippen LogP contribution in [0.2, 0.25) is 0 Å². The normalized spacial score (nSPS) is 24.3. The lowest BCUT2D eigenvalue weighted by Gasteiger charge is -2.14. The second-order valence-electron chi connectivity index (χ2n) is 5.77. The van der Waals surface area contributed by atoms with Crippen LogP contribution in [0.25, 0.3) is 11.2 Å². The molecule has 0 spiro atoms. The molecule has 136 valence electrons. The number of aromatic amines is 1. The number of nitrogens with one attached hydrogen (secondary N) is 1. The number of aliphatic hydroxyl groups excluding tert-OH is 1. The van der Waals surface area contributed by atoms with Gasteiger partial charge in [-0.3, -0.25) is 14.3 Å². The van der Waals surface area contributed by atoms with Crippen LogP contribution in [0.1, 0.15) is 12.6 Å². The van der Waals surface area contributed by atoms with Crippen molar-refractivity contribution in [2.45, 2.75) is 24.9 Å². The number of imidazole rings is 1. The van der Waals surface area contributed by atoms with Gasteiger partial charge >= 0.3 is 0 Å². The highest BCUT2D eigenvalue weighted by Gasteiger charge is 2.37. The Morgan fingerprint density at radius 3 is 3.28 bits per heavy atom. The number of hydrogen-bond donors (Lipinski definition) is 2. The summed E-state index contributed by atoms with van der Waals surface area (Å²) in [5.74, 6) is 0.163. The number of aliphatic imine (C=N–C) groups is 1. The van der Waals surface area contributed by atoms with Gasteiger partial charge < -0.3 is 19.5 Å². The number of rotatable bonds is 7. The van der Waals surface area contributed by atoms with Gasteiger partial charge in [0.25, 0.3) is 5.56 Å². The van der Waals surface area contributed by atoms with E-state index in [4.69, 9.17) is 22.5 Å². The summed E-state index contributed by atoms with van der Waals surface area (Å²) in [7, 11) is 3.62. The maximum absolute atomic E-state index is 12.2. The molecule has 0 bridgehead atoms. The van der Waals surface area contributed by atoms with E-state index in [0.717, 1.165) is 0 Å². The van der Waals surface area contributed by atoms with Crippen LogP contribution in [-0.2, 0) is 9.47 Å². The fourth-order valence-electron chi connectivity index (χ4n) is 2.63. The van der Waals surface area contributed by atoms with Gasteiger partial charge in [-0.2, -0.15) is 4.98 Å². The van der Waals surface area contributed by atoms with Crippen LogP contribution in [-0.4, -0.2) is 76.3 Å². The molecule has 25 heavy (non-hydrogen) atoms. The Balaban J connectivity index is 1.94. The molecule has 10 nitrogen and oxygen atoms in total. The summed E-state index contributed by atoms with van der Waals surface area (Å²) in [4.78, 5) is 29.1. The predicted molar refractivity (Wildman–Crippen MR) is 91.2 cm³/mol. The molecule has 0 aliphatic carbocycles. The van der Waals surface area contributed by atoms with Gasteiger partial charge in [-0.25, -0.2) is 9.98 Å². The lowest BCUT2D eigenvalue weighted by molar-refractivity contribution is -0.0538. The third kappa shape index (κ3) is 3.66. The molecular weight excluding hydrogens is 352 g/mol. The molecule has 0 amide bonds. The van der Waals surface area contributed by atoms with Crippen molar-refractivity contribution in [3.05, 3.63) is 16.7 Å². The van der Waals surface area contributed by atoms with Gasteiger partial charge in [-0.15, -0.1) is 0 Å². The summed E-state index contributed by atoms with van der Waals surface area (Å²) >= 11 is 5.65. The van der Waals surface area contributed by atoms with E-state index in [0.29, 0.717) is 12.1 Å². The minimum atomic E-state index is -0.478. The Kier molecular flexibility index (Phi) is 4.92. The van der Waals surface area contributed by atoms with Gasteiger partial charge in [-0.1, -0.05) is 11.6 Å². The minimum absolute atomic E-state index is 0.00123. The number of H-pyrrole nitrogens is 1. The van der Waals surface area contributed by atoms with Crippen molar-refractivity contribution >= 4 is 35.1 Å². The van der Waals surface area contributed by atoms with Crippen molar-refractivity contribution in [2.75, 3.05) is 26.8 Å². The lowest BCUT2D eigenvalue weighted by atomic mass is 10.2. The van der Waals surface area contributed by atoms with E-state index in [1.807, 2.05) is 14.1 Å². The molecule has 0 saturated carbocycles. The highest BCUT2D eigenvalue weighted by Crippen LogP contribution is 2.32. The molecule has 0 aromatic carbocycles. The first kappa shape index (κ1) is 16.5. The first-order chi connectivity index (χ1) is 12.5. The van der Waals surface area contributed by atoms with Crippen LogP contribution in [0.5, 0.6) is 0 Å². The Morgan fingerprint density at radius 1 is 1.72 bits per heavy atom. The smallest absolute Gasteiger partial charge is 0.280 e. The van der Waals surface area contributed by atoms with Gasteiger partial charge in [0.05, 0.1) is 25.4 Å². The van der Waals surface area contributed by atoms with E-state index in [9.17, 15) is 4.79 Å². The van der Waals surface area contributed by atoms with Crippen molar-refractivity contribution in [3.8, 4) is 0 Å². The molecule has 3 rings (SSSR count). The molecular formula is C14H19ClN6O4. The van der Waals surface area contributed by atoms with Gasteiger partial charge in [0.2, 0.25) is 7.38 Å². The number of aliphatic hydroxyl groups is 1. The minimum Gasteiger partial charge on any atom is -0.394 e. The average molecular weight is 372 g/mol. The predicted octanol–water partition coefficient (Wildman–Crippen LogP) is 0.202. The van der Waals surface area contributed by atoms with E-state index in [1.54, 1.807) is 9.47 Å². The third-order valence-corrected chi connectivity index (χ3v) is 3.89. The van der Waals surface area contributed by atoms with Crippen LogP contribution >= 0.6 is 11.6 Å². The summed E-state index contributed by atoms with van der Waals surface area (Å²) in [6, 6.07) is 0.00123. The van der Waals surface area contributed by atoms with Crippen molar-refractivity contribution < 1.29 is 14.6 Å². The topological polar surface area (TPSA) is 118 Å². The van der Waals surface area contributed by atoms with Crippen LogP contribution in [0.4, 0.5) is 5.95 Å². The zero-order chi connectivity index (χ0) is 18.7. The van der Waals surface area contributed by atoms with Gasteiger partial charge in [0.1, 0.15) is 18.4 Å². The van der Waals surface area contributed by atoms with Crippen molar-refractivity contribution in [3.63, 3.8) is 0 Å². The largest absolute Gasteiger partial charge is 0.394 e. The molecule has 1 aliphatic heterocycles. The second kappa shape index (κ2) is 7.48. The average Bonchev–Trinajstić information content (AvgIpc) is 3.18. The Hall–Kier alpha value is -2.01. The van der Waals surface area contributed by atoms with E-state index in [-0.39, 0.29) is 30.2 Å². The summed E-state index contributed by atoms with van der Waals surface area (Å²) in [6.07, 6.45) is 2.20. The lowest BCUT2D eigenvalue weighted by Crippen LogP contribution is -2.27. The number of hydrogen-bond acceptors (Lipinski definition) is 7. The fraction of sp³-hybridized carbons (Fsp3) is 0.571. The van der Waals surface area contributed by atoms with E-state index in [2.05, 4.69) is 25.1 Å². The number of aromatic nitrogens is 4. The fourth-order valence-corrected chi connectivity index (χ4v) is 2.80. The Bertz CT molecular complexity index is 826. The maximum Gasteiger partial charge on any atom is 0.280 e. The standard InChI is InChI=1S/C14H19ClN6O4/c1-20(2)6-17-14-18-12-11(13(23)19-14)16-7-21(12)10-3-8(24-5-15)9(4-22)25-10/h6-10,22H,3-5H2,1-2H3,(H,18,19,23)/b17-6-/t8?,9-,10-/m1/s1/i22D. The van der Waals surface area contributed by atoms with Gasteiger partial charge in [0, 0.05) is 20.5 Å². The van der Waals surface area contributed by atoms with E-state index < -0.39 is 17.9 Å². The Labute approximate surface area is 149 Å². The highest BCUT2D eigenvalue weighted by molar-refractivity contribution is 6.17. The summed E-state index contributed by atoms with van der Waals surface area (Å²) in [5.41, 5.74) is 0.145. The zero-order valence-corrected chi connectivity index (χ0v) is 14.5. The monoisotopic (exact) mass is 371 g/mol. The van der Waals surface area contributed by atoms with Crippen LogP contribution in [0.3, 0.4) is 0 Å². The number of nitrogens with zero attached hydrogens (tertiary/aromatic N) is 5. The highest BCUT2D eigenvalue weighted by atomic mass is 35.5. The molecule has 1 saturated heterocycles. The molecule has 3 heterocycles. The summed E-state index contributed by atoms with van der Waals surface area (Å²) in [6.45, 7) is 0.0388. The Morgan fingerprint density at radius 2 is 2.56 bits per heavy atom. The van der Waals surface area contributed by atoms with Crippen molar-refractivity contribution in [2.24, 2.45) is 4.99 Å². The maximum atomic E-state index is 12.2. The van der Waals surface area contributed by atoms with Crippen LogP contribution < -0.4 is 5.56 Å². The molecule has 11 heteroatoms. The zero-order valence-electron chi connectivity index (χ0n) is 14.8. The first-order valence-corrected chi connectivity index (χ1v) is 8.15. The number of alkyl halides is 1.